The third kappa shape index (κ3) is 5.16. The molecule has 63 heavy (non-hydrogen) atoms. The van der Waals surface area contributed by atoms with Crippen LogP contribution >= 0.6 is 0 Å². The van der Waals surface area contributed by atoms with Crippen LogP contribution in [0.1, 0.15) is 0 Å². The molecule has 15 heteroatoms. The van der Waals surface area contributed by atoms with E-state index in [0.29, 0.717) is 57.1 Å². The molecule has 3 aliphatic rings. The third-order valence-electron chi connectivity index (χ3n) is 11.7. The number of halogens is 10. The van der Waals surface area contributed by atoms with Crippen LogP contribution in [0.3, 0.4) is 0 Å². The Hall–Kier alpha value is -7.52. The van der Waals surface area contributed by atoms with Gasteiger partial charge in [0, 0.05) is 21.7 Å². The van der Waals surface area contributed by atoms with Gasteiger partial charge in [-0.2, -0.15) is 0 Å². The van der Waals surface area contributed by atoms with E-state index in [1.807, 2.05) is 0 Å². The minimum Gasteiger partial charge on any atom is -0.453 e. The topological polar surface area (TPSA) is 24.9 Å². The lowest BCUT2D eigenvalue weighted by molar-refractivity contribution is 0.382. The highest BCUT2D eigenvalue weighted by Crippen LogP contribution is 2.53. The molecule has 0 N–H and O–H groups in total. The molecule has 4 nitrogen and oxygen atoms in total. The molecule has 0 saturated carbocycles. The maximum Gasteiger partial charge on any atom is 0.200 e. The van der Waals surface area contributed by atoms with Crippen LogP contribution in [0.2, 0.25) is 0 Å². The number of hydrogen-bond donors (Lipinski definition) is 0. The largest absolute Gasteiger partial charge is 0.453 e. The third-order valence-corrected chi connectivity index (χ3v) is 16.5. The number of fused-ring (bicyclic) bond motifs is 7. The van der Waals surface area contributed by atoms with E-state index in [0.717, 1.165) is 0 Å². The average Bonchev–Trinajstić information content (AvgIpc) is 3.58. The van der Waals surface area contributed by atoms with Crippen molar-refractivity contribution in [2.75, 3.05) is 9.80 Å². The minimum absolute atomic E-state index is 0.0554. The van der Waals surface area contributed by atoms with Gasteiger partial charge in [0.2, 0.25) is 11.6 Å². The molecule has 0 spiro atoms. The highest BCUT2D eigenvalue weighted by Gasteiger charge is 2.57. The van der Waals surface area contributed by atoms with Crippen LogP contribution in [0.25, 0.3) is 11.1 Å². The van der Waals surface area contributed by atoms with Gasteiger partial charge < -0.3 is 19.3 Å². The van der Waals surface area contributed by atoms with Crippen LogP contribution < -0.4 is 40.0 Å². The van der Waals surface area contributed by atoms with Crippen molar-refractivity contribution in [1.29, 1.82) is 0 Å². The molecule has 0 unspecified atom stereocenters. The molecule has 0 atom stereocenters. The molecule has 8 aromatic rings. The van der Waals surface area contributed by atoms with Gasteiger partial charge in [0.05, 0.1) is 22.7 Å². The van der Waals surface area contributed by atoms with Crippen molar-refractivity contribution in [3.05, 3.63) is 192 Å². The summed E-state index contributed by atoms with van der Waals surface area (Å²) in [5, 5.41) is -4.32. The number of hydrogen-bond acceptors (Lipinski definition) is 4. The van der Waals surface area contributed by atoms with E-state index in [9.17, 15) is 8.78 Å². The molecule has 3 heterocycles. The molecule has 8 aromatic carbocycles. The molecule has 0 fully saturated rings. The predicted octanol–water partition coefficient (Wildman–Crippen LogP) is 11.6. The standard InChI is InChI=1S/C48H22F10N2O2Si/c49-37-39(51)43(55)47(44(56)40(37)52)63(48-45(57)41(53)38(50)42(54)46(48)58)35-19-17-23(59-27-9-1-5-13-31(27)61-32-14-6-2-10-28(32)59)21-25(35)26-22-24(18-20-36(26)63)60-29-11-3-7-15-33(29)62-34-16-8-4-12-30(34)60/h1-22H. The van der Waals surface area contributed by atoms with E-state index in [4.69, 9.17) is 9.47 Å². The molecule has 0 saturated heterocycles. The first kappa shape index (κ1) is 38.4. The van der Waals surface area contributed by atoms with Crippen LogP contribution in [0, 0.1) is 58.2 Å². The monoisotopic (exact) mass is 876 g/mol. The number of anilines is 6. The zero-order valence-electron chi connectivity index (χ0n) is 31.7. The smallest absolute Gasteiger partial charge is 0.200 e. The van der Waals surface area contributed by atoms with Gasteiger partial charge in [-0.25, -0.2) is 43.9 Å². The van der Waals surface area contributed by atoms with Crippen molar-refractivity contribution in [2.24, 2.45) is 0 Å². The molecule has 11 rings (SSSR count). The first-order valence-electron chi connectivity index (χ1n) is 19.1. The zero-order chi connectivity index (χ0) is 43.6. The predicted molar refractivity (Wildman–Crippen MR) is 218 cm³/mol. The van der Waals surface area contributed by atoms with Gasteiger partial charge >= 0.3 is 0 Å². The minimum atomic E-state index is -5.89. The van der Waals surface area contributed by atoms with Crippen LogP contribution in [-0.2, 0) is 0 Å². The summed E-state index contributed by atoms with van der Waals surface area (Å²) >= 11 is 0. The first-order chi connectivity index (χ1) is 30.4. The van der Waals surface area contributed by atoms with Gasteiger partial charge in [0.15, 0.2) is 77.6 Å². The zero-order valence-corrected chi connectivity index (χ0v) is 32.7. The summed E-state index contributed by atoms with van der Waals surface area (Å²) in [7, 11) is -5.89. The summed E-state index contributed by atoms with van der Waals surface area (Å²) in [6.45, 7) is 0. The Morgan fingerprint density at radius 2 is 0.587 bits per heavy atom. The second-order valence-corrected chi connectivity index (χ2v) is 18.4. The number of rotatable bonds is 4. The summed E-state index contributed by atoms with van der Waals surface area (Å²) in [4.78, 5) is 3.51. The lowest BCUT2D eigenvalue weighted by atomic mass is 10.0. The Bertz CT molecular complexity index is 2940. The first-order valence-corrected chi connectivity index (χ1v) is 21.1. The molecule has 3 aliphatic heterocycles. The second kappa shape index (κ2) is 13.7. The van der Waals surface area contributed by atoms with E-state index in [1.165, 1.54) is 36.4 Å². The van der Waals surface area contributed by atoms with Crippen molar-refractivity contribution >= 4 is 62.9 Å². The van der Waals surface area contributed by atoms with Crippen molar-refractivity contribution in [2.45, 2.75) is 0 Å². The molecule has 0 bridgehead atoms. The van der Waals surface area contributed by atoms with Gasteiger partial charge in [0.1, 0.15) is 0 Å². The van der Waals surface area contributed by atoms with Crippen molar-refractivity contribution < 1.29 is 53.4 Å². The lowest BCUT2D eigenvalue weighted by Gasteiger charge is -2.34. The number of ether oxygens (including phenoxy) is 2. The van der Waals surface area contributed by atoms with Crippen LogP contribution in [0.4, 0.5) is 78.0 Å². The van der Waals surface area contributed by atoms with Gasteiger partial charge in [-0.05, 0) is 94.3 Å². The average molecular weight is 877 g/mol. The molecular formula is C48H22F10N2O2Si. The second-order valence-electron chi connectivity index (χ2n) is 14.8. The molecular weight excluding hydrogens is 855 g/mol. The normalized spacial score (nSPS) is 13.9. The lowest BCUT2D eigenvalue weighted by Crippen LogP contribution is -2.76. The van der Waals surface area contributed by atoms with Gasteiger partial charge in [0.25, 0.3) is 0 Å². The Morgan fingerprint density at radius 1 is 0.317 bits per heavy atom. The van der Waals surface area contributed by atoms with E-state index in [1.54, 1.807) is 107 Å². The molecule has 0 amide bonds. The Labute approximate surface area is 351 Å². The number of nitrogens with zero attached hydrogens (tertiary/aromatic N) is 2. The highest BCUT2D eigenvalue weighted by molar-refractivity contribution is 7.22. The SMILES string of the molecule is Fc1c(F)c(F)c([Si]2(c3c(F)c(F)c(F)c(F)c3F)c3ccc(N4c5ccccc5Oc5ccccc54)cc3-c3cc(N4c5ccccc5Oc5ccccc54)ccc32)c(F)c1F. The Kier molecular flexibility index (Phi) is 8.38. The summed E-state index contributed by atoms with van der Waals surface area (Å²) < 4.78 is 171. The van der Waals surface area contributed by atoms with E-state index < -0.39 is 87.0 Å². The van der Waals surface area contributed by atoms with Crippen molar-refractivity contribution in [3.8, 4) is 34.1 Å². The fraction of sp³-hybridized carbons (Fsp3) is 0. The quantitative estimate of drug-likeness (QED) is 0.0761. The van der Waals surface area contributed by atoms with Crippen molar-refractivity contribution in [3.63, 3.8) is 0 Å². The summed E-state index contributed by atoms with van der Waals surface area (Å²) in [6.07, 6.45) is 0. The summed E-state index contributed by atoms with van der Waals surface area (Å²) in [5.41, 5.74) is 2.55. The van der Waals surface area contributed by atoms with Crippen LogP contribution in [0.5, 0.6) is 23.0 Å². The highest BCUT2D eigenvalue weighted by atomic mass is 28.3. The molecule has 0 aromatic heterocycles. The number of benzene rings is 8. The molecule has 0 radical (unpaired) electrons. The van der Waals surface area contributed by atoms with Gasteiger partial charge in [-0.3, -0.25) is 0 Å². The summed E-state index contributed by atoms with van der Waals surface area (Å²) in [6, 6.07) is 35.7. The Balaban J connectivity index is 1.29. The van der Waals surface area contributed by atoms with E-state index in [2.05, 4.69) is 0 Å². The van der Waals surface area contributed by atoms with Gasteiger partial charge in [-0.15, -0.1) is 0 Å². The number of para-hydroxylation sites is 8. The van der Waals surface area contributed by atoms with Crippen molar-refractivity contribution in [1.82, 2.24) is 0 Å². The molecule has 310 valence electrons. The van der Waals surface area contributed by atoms with Crippen LogP contribution in [-0.4, -0.2) is 8.07 Å². The maximum atomic E-state index is 16.7. The maximum absolute atomic E-state index is 16.7. The molecule has 0 aliphatic carbocycles. The van der Waals surface area contributed by atoms with E-state index in [-0.39, 0.29) is 11.1 Å². The van der Waals surface area contributed by atoms with Crippen LogP contribution in [0.15, 0.2) is 133 Å². The van der Waals surface area contributed by atoms with E-state index >= 15 is 35.1 Å². The Morgan fingerprint density at radius 3 is 0.889 bits per heavy atom. The fourth-order valence-corrected chi connectivity index (χ4v) is 14.3. The fourth-order valence-electron chi connectivity index (χ4n) is 9.08. The summed E-state index contributed by atoms with van der Waals surface area (Å²) in [5.74, 6) is -23.4. The van der Waals surface area contributed by atoms with Gasteiger partial charge in [-0.1, -0.05) is 60.7 Å².